The van der Waals surface area contributed by atoms with Gasteiger partial charge in [-0.25, -0.2) is 0 Å². The molecule has 1 unspecified atom stereocenters. The van der Waals surface area contributed by atoms with Gasteiger partial charge in [0.1, 0.15) is 0 Å². The summed E-state index contributed by atoms with van der Waals surface area (Å²) in [6, 6.07) is 0.558. The van der Waals surface area contributed by atoms with E-state index in [2.05, 4.69) is 10.6 Å². The van der Waals surface area contributed by atoms with E-state index < -0.39 is 6.10 Å². The summed E-state index contributed by atoms with van der Waals surface area (Å²) >= 11 is 0. The van der Waals surface area contributed by atoms with E-state index >= 15 is 0 Å². The van der Waals surface area contributed by atoms with Crippen molar-refractivity contribution < 1.29 is 9.90 Å². The molecular formula is C8H16N2O2. The highest BCUT2D eigenvalue weighted by Crippen LogP contribution is 2.17. The van der Waals surface area contributed by atoms with Crippen LogP contribution in [0.1, 0.15) is 19.8 Å². The van der Waals surface area contributed by atoms with Crippen LogP contribution in [-0.2, 0) is 4.79 Å². The zero-order valence-electron chi connectivity index (χ0n) is 7.34. The van der Waals surface area contributed by atoms with Crippen molar-refractivity contribution in [2.45, 2.75) is 31.9 Å². The Labute approximate surface area is 72.3 Å². The molecule has 0 radical (unpaired) electrons. The van der Waals surface area contributed by atoms with Crippen LogP contribution < -0.4 is 10.6 Å². The van der Waals surface area contributed by atoms with Crippen LogP contribution in [0.4, 0.5) is 0 Å². The van der Waals surface area contributed by atoms with Gasteiger partial charge in [-0.2, -0.15) is 0 Å². The number of amides is 1. The molecule has 1 amide bonds. The first kappa shape index (κ1) is 9.48. The standard InChI is InChI=1S/C8H16N2O2/c1-6(11)4-10-8(12)5-9-7-2-3-7/h6-7,9,11H,2-5H2,1H3,(H,10,12). The predicted octanol–water partition coefficient (Wildman–Crippen LogP) is -0.765. The third kappa shape index (κ3) is 4.31. The fourth-order valence-electron chi connectivity index (χ4n) is 0.849. The molecule has 0 bridgehead atoms. The van der Waals surface area contributed by atoms with E-state index in [0.29, 0.717) is 19.1 Å². The van der Waals surface area contributed by atoms with Crippen LogP contribution >= 0.6 is 0 Å². The first-order chi connectivity index (χ1) is 5.68. The van der Waals surface area contributed by atoms with Crippen molar-refractivity contribution in [3.05, 3.63) is 0 Å². The molecule has 0 aliphatic heterocycles. The molecule has 12 heavy (non-hydrogen) atoms. The predicted molar refractivity (Wildman–Crippen MR) is 45.7 cm³/mol. The lowest BCUT2D eigenvalue weighted by molar-refractivity contribution is -0.120. The number of carbonyl (C=O) groups is 1. The van der Waals surface area contributed by atoms with Crippen molar-refractivity contribution in [1.29, 1.82) is 0 Å². The topological polar surface area (TPSA) is 61.4 Å². The molecule has 0 aromatic rings. The summed E-state index contributed by atoms with van der Waals surface area (Å²) in [5.74, 6) is -0.0391. The van der Waals surface area contributed by atoms with Gasteiger partial charge in [0, 0.05) is 12.6 Å². The molecule has 0 spiro atoms. The lowest BCUT2D eigenvalue weighted by atomic mass is 10.4. The Balaban J connectivity index is 1.95. The number of aliphatic hydroxyl groups is 1. The fourth-order valence-corrected chi connectivity index (χ4v) is 0.849. The van der Waals surface area contributed by atoms with Crippen molar-refractivity contribution in [3.63, 3.8) is 0 Å². The first-order valence-electron chi connectivity index (χ1n) is 4.36. The summed E-state index contributed by atoms with van der Waals surface area (Å²) < 4.78 is 0. The van der Waals surface area contributed by atoms with E-state index in [0.717, 1.165) is 0 Å². The van der Waals surface area contributed by atoms with Crippen LogP contribution in [0, 0.1) is 0 Å². The maximum Gasteiger partial charge on any atom is 0.234 e. The molecule has 4 nitrogen and oxygen atoms in total. The average Bonchev–Trinajstić information content (AvgIpc) is 2.80. The maximum absolute atomic E-state index is 11.0. The Hall–Kier alpha value is -0.610. The lowest BCUT2D eigenvalue weighted by Gasteiger charge is -2.07. The minimum Gasteiger partial charge on any atom is -0.392 e. The molecule has 1 atom stereocenters. The zero-order valence-corrected chi connectivity index (χ0v) is 7.34. The summed E-state index contributed by atoms with van der Waals surface area (Å²) in [4.78, 5) is 11.0. The zero-order chi connectivity index (χ0) is 8.97. The van der Waals surface area contributed by atoms with E-state index in [4.69, 9.17) is 5.11 Å². The second-order valence-corrected chi connectivity index (χ2v) is 3.31. The third-order valence-corrected chi connectivity index (χ3v) is 1.72. The second-order valence-electron chi connectivity index (χ2n) is 3.31. The van der Waals surface area contributed by atoms with Crippen LogP contribution in [0.25, 0.3) is 0 Å². The molecule has 0 aromatic carbocycles. The summed E-state index contributed by atoms with van der Waals surface area (Å²) in [5.41, 5.74) is 0. The van der Waals surface area contributed by atoms with Crippen molar-refractivity contribution in [3.8, 4) is 0 Å². The van der Waals surface area contributed by atoms with Gasteiger partial charge in [-0.05, 0) is 19.8 Å². The smallest absolute Gasteiger partial charge is 0.234 e. The highest BCUT2D eigenvalue weighted by molar-refractivity contribution is 5.78. The number of carbonyl (C=O) groups excluding carboxylic acids is 1. The minimum absolute atomic E-state index is 0.0391. The monoisotopic (exact) mass is 172 g/mol. The van der Waals surface area contributed by atoms with E-state index in [1.54, 1.807) is 6.92 Å². The Bertz CT molecular complexity index is 147. The van der Waals surface area contributed by atoms with Gasteiger partial charge in [-0.15, -0.1) is 0 Å². The largest absolute Gasteiger partial charge is 0.392 e. The van der Waals surface area contributed by atoms with Crippen molar-refractivity contribution in [2.24, 2.45) is 0 Å². The van der Waals surface area contributed by atoms with Gasteiger partial charge in [0.15, 0.2) is 0 Å². The third-order valence-electron chi connectivity index (χ3n) is 1.72. The molecule has 0 heterocycles. The Kier molecular flexibility index (Phi) is 3.49. The molecule has 3 N–H and O–H groups in total. The van der Waals surface area contributed by atoms with Crippen LogP contribution in [0.5, 0.6) is 0 Å². The highest BCUT2D eigenvalue weighted by atomic mass is 16.3. The molecule has 0 aromatic heterocycles. The molecule has 1 rings (SSSR count). The van der Waals surface area contributed by atoms with Gasteiger partial charge in [0.05, 0.1) is 12.6 Å². The SMILES string of the molecule is CC(O)CNC(=O)CNC1CC1. The van der Waals surface area contributed by atoms with Crippen LogP contribution in [0.3, 0.4) is 0 Å². The molecule has 70 valence electrons. The van der Waals surface area contributed by atoms with Gasteiger partial charge >= 0.3 is 0 Å². The molecule has 1 aliphatic carbocycles. The maximum atomic E-state index is 11.0. The van der Waals surface area contributed by atoms with E-state index in [9.17, 15) is 4.79 Å². The first-order valence-corrected chi connectivity index (χ1v) is 4.36. The Morgan fingerprint density at radius 1 is 1.67 bits per heavy atom. The van der Waals surface area contributed by atoms with Gasteiger partial charge in [0.25, 0.3) is 0 Å². The molecule has 1 saturated carbocycles. The van der Waals surface area contributed by atoms with Gasteiger partial charge in [-0.1, -0.05) is 0 Å². The summed E-state index contributed by atoms with van der Waals surface area (Å²) in [6.45, 7) is 2.36. The van der Waals surface area contributed by atoms with Gasteiger partial charge < -0.3 is 15.7 Å². The quantitative estimate of drug-likeness (QED) is 0.510. The van der Waals surface area contributed by atoms with Gasteiger partial charge in [-0.3, -0.25) is 4.79 Å². The Morgan fingerprint density at radius 2 is 2.33 bits per heavy atom. The normalized spacial score (nSPS) is 18.8. The van der Waals surface area contributed by atoms with Crippen molar-refractivity contribution in [2.75, 3.05) is 13.1 Å². The molecule has 1 fully saturated rings. The molecule has 1 aliphatic rings. The minimum atomic E-state index is -0.463. The summed E-state index contributed by atoms with van der Waals surface area (Å²) in [6.07, 6.45) is 1.91. The van der Waals surface area contributed by atoms with Gasteiger partial charge in [0.2, 0.25) is 5.91 Å². The second kappa shape index (κ2) is 4.42. The molecule has 0 saturated heterocycles. The van der Waals surface area contributed by atoms with E-state index in [1.807, 2.05) is 0 Å². The molecule has 4 heteroatoms. The number of hydrogen-bond donors (Lipinski definition) is 3. The lowest BCUT2D eigenvalue weighted by Crippen LogP contribution is -2.38. The number of aliphatic hydroxyl groups excluding tert-OH is 1. The summed E-state index contributed by atoms with van der Waals surface area (Å²) in [7, 11) is 0. The summed E-state index contributed by atoms with van der Waals surface area (Å²) in [5, 5.41) is 14.6. The average molecular weight is 172 g/mol. The van der Waals surface area contributed by atoms with Crippen molar-refractivity contribution >= 4 is 5.91 Å². The highest BCUT2D eigenvalue weighted by Gasteiger charge is 2.20. The molecular weight excluding hydrogens is 156 g/mol. The fraction of sp³-hybridized carbons (Fsp3) is 0.875. The van der Waals surface area contributed by atoms with Crippen LogP contribution in [0.15, 0.2) is 0 Å². The number of nitrogens with one attached hydrogen (secondary N) is 2. The van der Waals surface area contributed by atoms with Crippen LogP contribution in [0.2, 0.25) is 0 Å². The number of rotatable bonds is 5. The van der Waals surface area contributed by atoms with E-state index in [-0.39, 0.29) is 5.91 Å². The van der Waals surface area contributed by atoms with Crippen LogP contribution in [-0.4, -0.2) is 36.2 Å². The van der Waals surface area contributed by atoms with E-state index in [1.165, 1.54) is 12.8 Å². The van der Waals surface area contributed by atoms with Crippen molar-refractivity contribution in [1.82, 2.24) is 10.6 Å². The Morgan fingerprint density at radius 3 is 2.83 bits per heavy atom. The number of hydrogen-bond acceptors (Lipinski definition) is 3.